The maximum Gasteiger partial charge on any atom is 0.134 e. The maximum atomic E-state index is 4.64. The molecule has 0 radical (unpaired) electrons. The van der Waals surface area contributed by atoms with Crippen LogP contribution in [0.3, 0.4) is 0 Å². The highest BCUT2D eigenvalue weighted by Gasteiger charge is 2.12. The lowest BCUT2D eigenvalue weighted by atomic mass is 10.1. The second-order valence-corrected chi connectivity index (χ2v) is 5.68. The Labute approximate surface area is 128 Å². The van der Waals surface area contributed by atoms with Gasteiger partial charge in [-0.1, -0.05) is 13.3 Å². The zero-order valence-corrected chi connectivity index (χ0v) is 13.7. The van der Waals surface area contributed by atoms with Crippen LogP contribution in [0.5, 0.6) is 0 Å². The van der Waals surface area contributed by atoms with E-state index in [0.717, 1.165) is 49.1 Å². The summed E-state index contributed by atoms with van der Waals surface area (Å²) in [5, 5.41) is 6.83. The van der Waals surface area contributed by atoms with Crippen LogP contribution in [-0.4, -0.2) is 47.6 Å². The van der Waals surface area contributed by atoms with Gasteiger partial charge in [0.05, 0.1) is 0 Å². The van der Waals surface area contributed by atoms with E-state index in [0.29, 0.717) is 0 Å². The smallest absolute Gasteiger partial charge is 0.134 e. The molecule has 0 saturated carbocycles. The molecule has 118 valence electrons. The minimum absolute atomic E-state index is 0.861. The summed E-state index contributed by atoms with van der Waals surface area (Å²) < 4.78 is 0. The van der Waals surface area contributed by atoms with Crippen LogP contribution in [0.25, 0.3) is 0 Å². The van der Waals surface area contributed by atoms with Gasteiger partial charge in [-0.15, -0.1) is 0 Å². The number of rotatable bonds is 7. The SMILES string of the molecule is CCNc1nc(CC)nc(NCCN2CCCCC2)c1C. The summed E-state index contributed by atoms with van der Waals surface area (Å²) in [6.07, 6.45) is 4.94. The lowest BCUT2D eigenvalue weighted by molar-refractivity contribution is 0.237. The fourth-order valence-corrected chi connectivity index (χ4v) is 2.75. The molecule has 0 spiro atoms. The van der Waals surface area contributed by atoms with Crippen LogP contribution in [0.4, 0.5) is 11.6 Å². The first-order chi connectivity index (χ1) is 10.2. The second-order valence-electron chi connectivity index (χ2n) is 5.68. The summed E-state index contributed by atoms with van der Waals surface area (Å²) in [4.78, 5) is 11.7. The number of hydrogen-bond acceptors (Lipinski definition) is 5. The van der Waals surface area contributed by atoms with Crippen LogP contribution in [-0.2, 0) is 6.42 Å². The Morgan fingerprint density at radius 2 is 1.67 bits per heavy atom. The Bertz CT molecular complexity index is 441. The van der Waals surface area contributed by atoms with Crippen molar-refractivity contribution in [3.05, 3.63) is 11.4 Å². The number of likely N-dealkylation sites (tertiary alicyclic amines) is 1. The average molecular weight is 291 g/mol. The standard InChI is InChI=1S/C16H29N5/c1-4-14-19-15(17-5-2)13(3)16(20-14)18-9-12-21-10-7-6-8-11-21/h4-12H2,1-3H3,(H2,17,18,19,20). The van der Waals surface area contributed by atoms with E-state index in [2.05, 4.69) is 46.3 Å². The fourth-order valence-electron chi connectivity index (χ4n) is 2.75. The highest BCUT2D eigenvalue weighted by molar-refractivity contribution is 5.57. The van der Waals surface area contributed by atoms with Gasteiger partial charge in [0.25, 0.3) is 0 Å². The third kappa shape index (κ3) is 4.56. The van der Waals surface area contributed by atoms with Crippen molar-refractivity contribution >= 4 is 11.6 Å². The molecule has 0 unspecified atom stereocenters. The van der Waals surface area contributed by atoms with Crippen molar-refractivity contribution in [2.24, 2.45) is 0 Å². The van der Waals surface area contributed by atoms with Gasteiger partial charge in [-0.3, -0.25) is 0 Å². The quantitative estimate of drug-likeness (QED) is 0.809. The maximum absolute atomic E-state index is 4.64. The molecular weight excluding hydrogens is 262 g/mol. The van der Waals surface area contributed by atoms with Gasteiger partial charge >= 0.3 is 0 Å². The molecule has 2 rings (SSSR count). The number of aromatic nitrogens is 2. The van der Waals surface area contributed by atoms with Crippen molar-refractivity contribution in [2.45, 2.75) is 46.5 Å². The number of anilines is 2. The van der Waals surface area contributed by atoms with Crippen molar-refractivity contribution < 1.29 is 0 Å². The zero-order chi connectivity index (χ0) is 15.1. The van der Waals surface area contributed by atoms with E-state index in [1.807, 2.05) is 0 Å². The molecule has 1 aliphatic rings. The van der Waals surface area contributed by atoms with E-state index < -0.39 is 0 Å². The summed E-state index contributed by atoms with van der Waals surface area (Å²) in [5.41, 5.74) is 1.12. The third-order valence-corrected chi connectivity index (χ3v) is 4.02. The van der Waals surface area contributed by atoms with Crippen molar-refractivity contribution in [1.29, 1.82) is 0 Å². The van der Waals surface area contributed by atoms with Gasteiger partial charge in [0.2, 0.25) is 0 Å². The minimum Gasteiger partial charge on any atom is -0.370 e. The van der Waals surface area contributed by atoms with E-state index in [1.54, 1.807) is 0 Å². The van der Waals surface area contributed by atoms with E-state index in [1.165, 1.54) is 32.4 Å². The summed E-state index contributed by atoms with van der Waals surface area (Å²) in [6.45, 7) is 11.7. The highest BCUT2D eigenvalue weighted by Crippen LogP contribution is 2.20. The molecule has 0 atom stereocenters. The monoisotopic (exact) mass is 291 g/mol. The molecule has 21 heavy (non-hydrogen) atoms. The molecule has 1 aromatic rings. The predicted molar refractivity (Wildman–Crippen MR) is 89.1 cm³/mol. The molecule has 0 amide bonds. The van der Waals surface area contributed by atoms with Crippen molar-refractivity contribution in [1.82, 2.24) is 14.9 Å². The summed E-state index contributed by atoms with van der Waals surface area (Å²) >= 11 is 0. The lowest BCUT2D eigenvalue weighted by Crippen LogP contribution is -2.34. The van der Waals surface area contributed by atoms with Gasteiger partial charge < -0.3 is 15.5 Å². The van der Waals surface area contributed by atoms with Crippen LogP contribution < -0.4 is 10.6 Å². The Hall–Kier alpha value is -1.36. The molecule has 1 aromatic heterocycles. The van der Waals surface area contributed by atoms with Crippen LogP contribution >= 0.6 is 0 Å². The van der Waals surface area contributed by atoms with E-state index in [-0.39, 0.29) is 0 Å². The molecule has 2 heterocycles. The highest BCUT2D eigenvalue weighted by atomic mass is 15.2. The largest absolute Gasteiger partial charge is 0.370 e. The van der Waals surface area contributed by atoms with Crippen LogP contribution in [0, 0.1) is 6.92 Å². The van der Waals surface area contributed by atoms with Crippen LogP contribution in [0.2, 0.25) is 0 Å². The van der Waals surface area contributed by atoms with Crippen LogP contribution in [0.15, 0.2) is 0 Å². The van der Waals surface area contributed by atoms with Gasteiger partial charge in [0.15, 0.2) is 0 Å². The normalized spacial score (nSPS) is 16.0. The summed E-state index contributed by atoms with van der Waals surface area (Å²) in [7, 11) is 0. The molecule has 0 aromatic carbocycles. The molecule has 1 fully saturated rings. The van der Waals surface area contributed by atoms with Crippen molar-refractivity contribution in [3.8, 4) is 0 Å². The lowest BCUT2D eigenvalue weighted by Gasteiger charge is -2.26. The summed E-state index contributed by atoms with van der Waals surface area (Å²) in [5.74, 6) is 2.84. The number of nitrogens with one attached hydrogen (secondary N) is 2. The predicted octanol–water partition coefficient (Wildman–Crippen LogP) is 2.68. The molecule has 1 aliphatic heterocycles. The van der Waals surface area contributed by atoms with E-state index in [4.69, 9.17) is 0 Å². The molecule has 1 saturated heterocycles. The minimum atomic E-state index is 0.861. The number of nitrogens with zero attached hydrogens (tertiary/aromatic N) is 3. The van der Waals surface area contributed by atoms with Gasteiger partial charge in [-0.2, -0.15) is 0 Å². The topological polar surface area (TPSA) is 53.1 Å². The van der Waals surface area contributed by atoms with Crippen molar-refractivity contribution in [2.75, 3.05) is 43.4 Å². The third-order valence-electron chi connectivity index (χ3n) is 4.02. The zero-order valence-electron chi connectivity index (χ0n) is 13.7. The van der Waals surface area contributed by atoms with Gasteiger partial charge in [-0.25, -0.2) is 9.97 Å². The van der Waals surface area contributed by atoms with Gasteiger partial charge in [0, 0.05) is 31.6 Å². The Balaban J connectivity index is 1.95. The Kier molecular flexibility index (Phi) is 6.23. The van der Waals surface area contributed by atoms with Crippen LogP contribution in [0.1, 0.15) is 44.5 Å². The molecule has 5 nitrogen and oxygen atoms in total. The number of hydrogen-bond donors (Lipinski definition) is 2. The molecule has 5 heteroatoms. The Morgan fingerprint density at radius 3 is 2.29 bits per heavy atom. The average Bonchev–Trinajstić information content (AvgIpc) is 2.52. The second kappa shape index (κ2) is 8.17. The molecule has 0 bridgehead atoms. The number of piperidine rings is 1. The molecule has 0 aliphatic carbocycles. The number of aryl methyl sites for hydroxylation is 1. The van der Waals surface area contributed by atoms with Gasteiger partial charge in [0.1, 0.15) is 17.5 Å². The first kappa shape index (κ1) is 16.0. The van der Waals surface area contributed by atoms with E-state index >= 15 is 0 Å². The molecule has 2 N–H and O–H groups in total. The van der Waals surface area contributed by atoms with E-state index in [9.17, 15) is 0 Å². The van der Waals surface area contributed by atoms with Crippen molar-refractivity contribution in [3.63, 3.8) is 0 Å². The summed E-state index contributed by atoms with van der Waals surface area (Å²) in [6, 6.07) is 0. The first-order valence-electron chi connectivity index (χ1n) is 8.32. The Morgan fingerprint density at radius 1 is 1.00 bits per heavy atom. The molecular formula is C16H29N5. The first-order valence-corrected chi connectivity index (χ1v) is 8.32. The van der Waals surface area contributed by atoms with Gasteiger partial charge in [-0.05, 0) is 39.8 Å². The fraction of sp³-hybridized carbons (Fsp3) is 0.750.